The summed E-state index contributed by atoms with van der Waals surface area (Å²) in [6.45, 7) is 9.59. The van der Waals surface area contributed by atoms with Crippen LogP contribution in [0, 0.1) is 0 Å². The van der Waals surface area contributed by atoms with Gasteiger partial charge in [0, 0.05) is 38.7 Å². The van der Waals surface area contributed by atoms with Crippen molar-refractivity contribution in [2.75, 3.05) is 4.90 Å². The highest BCUT2D eigenvalue weighted by atomic mass is 15.1. The Morgan fingerprint density at radius 2 is 1.07 bits per heavy atom. The van der Waals surface area contributed by atoms with Crippen LogP contribution in [0.5, 0.6) is 0 Å². The second-order valence-corrected chi connectivity index (χ2v) is 13.5. The molecule has 2 heteroatoms. The highest BCUT2D eigenvalue weighted by molar-refractivity contribution is 6.11. The Morgan fingerprint density at radius 3 is 1.80 bits per heavy atom. The molecule has 0 amide bonds. The maximum Gasteiger partial charge on any atom is 0.0582 e. The van der Waals surface area contributed by atoms with E-state index in [0.717, 1.165) is 11.4 Å². The van der Waals surface area contributed by atoms with E-state index in [2.05, 4.69) is 171 Å². The van der Waals surface area contributed by atoms with Gasteiger partial charge in [0.25, 0.3) is 0 Å². The monoisotopic (exact) mass is 566 g/mol. The normalized spacial score (nSPS) is 15.2. The predicted octanol–water partition coefficient (Wildman–Crippen LogP) is 11.2. The van der Waals surface area contributed by atoms with Gasteiger partial charge >= 0.3 is 0 Å². The summed E-state index contributed by atoms with van der Waals surface area (Å²) in [7, 11) is 0. The number of aromatic nitrogens is 1. The van der Waals surface area contributed by atoms with Gasteiger partial charge in [-0.05, 0) is 88.0 Å². The zero-order chi connectivity index (χ0) is 29.8. The molecule has 1 aliphatic carbocycles. The van der Waals surface area contributed by atoms with Gasteiger partial charge in [0.05, 0.1) is 16.7 Å². The van der Waals surface area contributed by atoms with Crippen molar-refractivity contribution in [3.05, 3.63) is 156 Å². The second kappa shape index (κ2) is 8.74. The van der Waals surface area contributed by atoms with Crippen molar-refractivity contribution in [3.63, 3.8) is 0 Å². The molecule has 0 fully saturated rings. The van der Waals surface area contributed by atoms with Crippen LogP contribution in [-0.4, -0.2) is 4.57 Å². The van der Waals surface area contributed by atoms with Crippen molar-refractivity contribution in [1.82, 2.24) is 4.57 Å². The lowest BCUT2D eigenvalue weighted by Gasteiger charge is -2.36. The molecule has 9 rings (SSSR count). The average Bonchev–Trinajstić information content (AvgIpc) is 3.50. The fraction of sp³-hybridized carbons (Fsp3) is 0.143. The zero-order valence-corrected chi connectivity index (χ0v) is 25.6. The molecule has 0 N–H and O–H groups in total. The lowest BCUT2D eigenvalue weighted by Crippen LogP contribution is -2.27. The molecule has 7 aromatic rings. The summed E-state index contributed by atoms with van der Waals surface area (Å²) in [5, 5.41) is 2.66. The third-order valence-electron chi connectivity index (χ3n) is 10.3. The third-order valence-corrected chi connectivity index (χ3v) is 10.3. The number of hydrogen-bond acceptors (Lipinski definition) is 1. The Hall–Kier alpha value is -5.08. The van der Waals surface area contributed by atoms with Crippen LogP contribution in [0.1, 0.15) is 49.9 Å². The molecular formula is C42H34N2. The molecule has 6 aromatic carbocycles. The van der Waals surface area contributed by atoms with Crippen LogP contribution >= 0.6 is 0 Å². The first-order chi connectivity index (χ1) is 21.4. The minimum absolute atomic E-state index is 0.126. The standard InChI is InChI=1S/C42H34N2/c1-41(2)34-20-13-19-32-31-18-11-12-21-38(31)44(40(32)34)39-26-36-33(25-37(39)41)30-23-22-29(24-35(30)42(36,3)4)43(27-14-7-5-8-15-27)28-16-9-6-10-17-28/h5-26H,1-4H3. The van der Waals surface area contributed by atoms with Crippen molar-refractivity contribution in [3.8, 4) is 16.8 Å². The molecule has 0 unspecified atom stereocenters. The van der Waals surface area contributed by atoms with Crippen molar-refractivity contribution >= 4 is 38.9 Å². The zero-order valence-electron chi connectivity index (χ0n) is 25.6. The van der Waals surface area contributed by atoms with E-state index in [4.69, 9.17) is 0 Å². The van der Waals surface area contributed by atoms with Crippen LogP contribution in [0.4, 0.5) is 17.1 Å². The molecule has 1 aromatic heterocycles. The van der Waals surface area contributed by atoms with E-state index in [9.17, 15) is 0 Å². The van der Waals surface area contributed by atoms with Crippen LogP contribution in [-0.2, 0) is 10.8 Å². The first kappa shape index (κ1) is 25.4. The van der Waals surface area contributed by atoms with Gasteiger partial charge in [-0.3, -0.25) is 0 Å². The summed E-state index contributed by atoms with van der Waals surface area (Å²) < 4.78 is 2.54. The number of hydrogen-bond donors (Lipinski definition) is 0. The molecule has 0 saturated carbocycles. The average molecular weight is 567 g/mol. The topological polar surface area (TPSA) is 8.17 Å². The summed E-state index contributed by atoms with van der Waals surface area (Å²) in [4.78, 5) is 2.37. The number of nitrogens with zero attached hydrogens (tertiary/aromatic N) is 2. The molecule has 0 spiro atoms. The number of anilines is 3. The van der Waals surface area contributed by atoms with Gasteiger partial charge in [-0.15, -0.1) is 0 Å². The van der Waals surface area contributed by atoms with E-state index >= 15 is 0 Å². The van der Waals surface area contributed by atoms with Crippen molar-refractivity contribution in [1.29, 1.82) is 0 Å². The van der Waals surface area contributed by atoms with E-state index in [1.807, 2.05) is 0 Å². The number of para-hydroxylation sites is 4. The number of fused-ring (bicyclic) bond motifs is 8. The van der Waals surface area contributed by atoms with E-state index in [-0.39, 0.29) is 10.8 Å². The first-order valence-corrected chi connectivity index (χ1v) is 15.6. The van der Waals surface area contributed by atoms with Gasteiger partial charge < -0.3 is 9.47 Å². The maximum absolute atomic E-state index is 2.54. The first-order valence-electron chi connectivity index (χ1n) is 15.6. The molecule has 2 heterocycles. The van der Waals surface area contributed by atoms with Crippen LogP contribution in [0.3, 0.4) is 0 Å². The van der Waals surface area contributed by atoms with Gasteiger partial charge in [-0.2, -0.15) is 0 Å². The second-order valence-electron chi connectivity index (χ2n) is 13.5. The molecule has 0 radical (unpaired) electrons. The van der Waals surface area contributed by atoms with Gasteiger partial charge in [-0.1, -0.05) is 107 Å². The summed E-state index contributed by atoms with van der Waals surface area (Å²) in [6, 6.07) is 49.2. The Kier molecular flexibility index (Phi) is 5.05. The lowest BCUT2D eigenvalue weighted by molar-refractivity contribution is 0.625. The van der Waals surface area contributed by atoms with Crippen LogP contribution < -0.4 is 4.90 Å². The van der Waals surface area contributed by atoms with Gasteiger partial charge in [0.1, 0.15) is 0 Å². The Bertz CT molecular complexity index is 2230. The molecular weight excluding hydrogens is 532 g/mol. The van der Waals surface area contributed by atoms with Crippen molar-refractivity contribution in [2.45, 2.75) is 38.5 Å². The minimum Gasteiger partial charge on any atom is -0.310 e. The fourth-order valence-electron chi connectivity index (χ4n) is 8.10. The van der Waals surface area contributed by atoms with Gasteiger partial charge in [0.2, 0.25) is 0 Å². The highest BCUT2D eigenvalue weighted by Gasteiger charge is 2.41. The summed E-state index contributed by atoms with van der Waals surface area (Å²) in [5.41, 5.74) is 15.4. The highest BCUT2D eigenvalue weighted by Crippen LogP contribution is 2.55. The molecule has 0 atom stereocenters. The molecule has 44 heavy (non-hydrogen) atoms. The van der Waals surface area contributed by atoms with Crippen molar-refractivity contribution < 1.29 is 0 Å². The van der Waals surface area contributed by atoms with E-state index in [1.165, 1.54) is 66.6 Å². The summed E-state index contributed by atoms with van der Waals surface area (Å²) in [5.74, 6) is 0. The van der Waals surface area contributed by atoms with Crippen LogP contribution in [0.25, 0.3) is 38.6 Å². The SMILES string of the molecule is CC1(C)c2cc(N(c3ccccc3)c3ccccc3)ccc2-c2cc3c(cc21)-n1c2ccccc2c2cccc(c21)C3(C)C. The fourth-order valence-corrected chi connectivity index (χ4v) is 8.10. The molecule has 0 bridgehead atoms. The number of benzene rings is 6. The molecule has 1 aliphatic heterocycles. The lowest BCUT2D eigenvalue weighted by atomic mass is 9.73. The molecule has 2 nitrogen and oxygen atoms in total. The third kappa shape index (κ3) is 3.26. The van der Waals surface area contributed by atoms with Crippen molar-refractivity contribution in [2.24, 2.45) is 0 Å². The Morgan fingerprint density at radius 1 is 0.455 bits per heavy atom. The largest absolute Gasteiger partial charge is 0.310 e. The maximum atomic E-state index is 2.54. The summed E-state index contributed by atoms with van der Waals surface area (Å²) >= 11 is 0. The van der Waals surface area contributed by atoms with Gasteiger partial charge in [0.15, 0.2) is 0 Å². The number of rotatable bonds is 3. The van der Waals surface area contributed by atoms with Gasteiger partial charge in [-0.25, -0.2) is 0 Å². The Labute approximate surface area is 258 Å². The van der Waals surface area contributed by atoms with Crippen LogP contribution in [0.2, 0.25) is 0 Å². The summed E-state index contributed by atoms with van der Waals surface area (Å²) in [6.07, 6.45) is 0. The molecule has 2 aliphatic rings. The van der Waals surface area contributed by atoms with E-state index in [1.54, 1.807) is 0 Å². The predicted molar refractivity (Wildman–Crippen MR) is 185 cm³/mol. The quantitative estimate of drug-likeness (QED) is 0.206. The van der Waals surface area contributed by atoms with E-state index in [0.29, 0.717) is 0 Å². The Balaban J connectivity index is 1.28. The van der Waals surface area contributed by atoms with E-state index < -0.39 is 0 Å². The molecule has 212 valence electrons. The van der Waals surface area contributed by atoms with Crippen LogP contribution in [0.15, 0.2) is 133 Å². The molecule has 0 saturated heterocycles. The smallest absolute Gasteiger partial charge is 0.0582 e. The minimum atomic E-state index is -0.155.